The number of esters is 1. The summed E-state index contributed by atoms with van der Waals surface area (Å²) < 4.78 is 5.17. The maximum atomic E-state index is 12.3. The highest BCUT2D eigenvalue weighted by molar-refractivity contribution is 5.95. The molecule has 0 bridgehead atoms. The molecule has 0 saturated carbocycles. The van der Waals surface area contributed by atoms with Crippen LogP contribution >= 0.6 is 0 Å². The van der Waals surface area contributed by atoms with Crippen LogP contribution in [-0.2, 0) is 9.53 Å². The summed E-state index contributed by atoms with van der Waals surface area (Å²) in [6, 6.07) is 18.9. The second kappa shape index (κ2) is 7.21. The van der Waals surface area contributed by atoms with Gasteiger partial charge in [-0.15, -0.1) is 0 Å². The number of benzene rings is 2. The maximum Gasteiger partial charge on any atom is 0.355 e. The summed E-state index contributed by atoms with van der Waals surface area (Å²) in [5, 5.41) is 0.926. The molecule has 1 aromatic heterocycles. The Bertz CT molecular complexity index is 853. The third-order valence-corrected chi connectivity index (χ3v) is 4.33. The second-order valence-corrected chi connectivity index (χ2v) is 5.94. The Hall–Kier alpha value is -3.08. The normalized spacial score (nSPS) is 11.9. The molecule has 0 radical (unpaired) electrons. The first-order chi connectivity index (χ1) is 12.1. The molecule has 128 valence electrons. The minimum absolute atomic E-state index is 0.0968. The highest BCUT2D eigenvalue weighted by Crippen LogP contribution is 2.19. The van der Waals surface area contributed by atoms with Crippen molar-refractivity contribution in [3.63, 3.8) is 0 Å². The SMILES string of the molecule is C[C@@H](c1ccccc1)N(C)C(=O)COC(=O)c1cc2ccccc2[nH]1. The van der Waals surface area contributed by atoms with Crippen molar-refractivity contribution in [3.05, 3.63) is 71.9 Å². The van der Waals surface area contributed by atoms with E-state index in [4.69, 9.17) is 4.74 Å². The van der Waals surface area contributed by atoms with Gasteiger partial charge in [0.15, 0.2) is 6.61 Å². The fourth-order valence-electron chi connectivity index (χ4n) is 2.66. The first-order valence-corrected chi connectivity index (χ1v) is 8.12. The summed E-state index contributed by atoms with van der Waals surface area (Å²) in [5.41, 5.74) is 2.23. The van der Waals surface area contributed by atoms with Crippen molar-refractivity contribution in [2.24, 2.45) is 0 Å². The van der Waals surface area contributed by atoms with Crippen molar-refractivity contribution >= 4 is 22.8 Å². The lowest BCUT2D eigenvalue weighted by Crippen LogP contribution is -2.33. The number of amides is 1. The fraction of sp³-hybridized carbons (Fsp3) is 0.200. The van der Waals surface area contributed by atoms with Gasteiger partial charge in [-0.25, -0.2) is 4.79 Å². The van der Waals surface area contributed by atoms with Crippen LogP contribution in [0.2, 0.25) is 0 Å². The van der Waals surface area contributed by atoms with Crippen molar-refractivity contribution in [1.29, 1.82) is 0 Å². The van der Waals surface area contributed by atoms with E-state index in [1.54, 1.807) is 18.0 Å². The third kappa shape index (κ3) is 3.71. The first-order valence-electron chi connectivity index (χ1n) is 8.12. The van der Waals surface area contributed by atoms with Crippen molar-refractivity contribution < 1.29 is 14.3 Å². The molecule has 0 saturated heterocycles. The molecular formula is C20H20N2O3. The molecule has 5 heteroatoms. The van der Waals surface area contributed by atoms with Crippen LogP contribution in [0.25, 0.3) is 10.9 Å². The smallest absolute Gasteiger partial charge is 0.355 e. The number of nitrogens with zero attached hydrogens (tertiary/aromatic N) is 1. The molecule has 1 amide bonds. The van der Waals surface area contributed by atoms with Gasteiger partial charge in [-0.3, -0.25) is 4.79 Å². The summed E-state index contributed by atoms with van der Waals surface area (Å²) in [5.74, 6) is -0.786. The number of para-hydroxylation sites is 1. The largest absolute Gasteiger partial charge is 0.451 e. The summed E-state index contributed by atoms with van der Waals surface area (Å²) in [6.45, 7) is 1.65. The van der Waals surface area contributed by atoms with Gasteiger partial charge in [0.25, 0.3) is 5.91 Å². The molecule has 2 aromatic carbocycles. The maximum absolute atomic E-state index is 12.3. The topological polar surface area (TPSA) is 62.4 Å². The molecule has 0 aliphatic rings. The molecule has 25 heavy (non-hydrogen) atoms. The predicted octanol–water partition coefficient (Wildman–Crippen LogP) is 3.54. The highest BCUT2D eigenvalue weighted by Gasteiger charge is 2.19. The van der Waals surface area contributed by atoms with E-state index in [2.05, 4.69) is 4.98 Å². The van der Waals surface area contributed by atoms with Crippen molar-refractivity contribution in [2.75, 3.05) is 13.7 Å². The zero-order chi connectivity index (χ0) is 17.8. The van der Waals surface area contributed by atoms with E-state index in [-0.39, 0.29) is 18.6 Å². The molecule has 5 nitrogen and oxygen atoms in total. The number of aromatic amines is 1. The Balaban J connectivity index is 1.60. The first kappa shape index (κ1) is 16.8. The van der Waals surface area contributed by atoms with Crippen LogP contribution in [-0.4, -0.2) is 35.4 Å². The molecule has 3 rings (SSSR count). The van der Waals surface area contributed by atoms with Crippen LogP contribution in [0.15, 0.2) is 60.7 Å². The van der Waals surface area contributed by atoms with Crippen molar-refractivity contribution in [1.82, 2.24) is 9.88 Å². The monoisotopic (exact) mass is 336 g/mol. The van der Waals surface area contributed by atoms with Gasteiger partial charge in [0, 0.05) is 18.0 Å². The van der Waals surface area contributed by atoms with Crippen LogP contribution in [0.5, 0.6) is 0 Å². The molecule has 1 N–H and O–H groups in total. The Kier molecular flexibility index (Phi) is 4.84. The fourth-order valence-corrected chi connectivity index (χ4v) is 2.66. The lowest BCUT2D eigenvalue weighted by molar-refractivity contribution is -0.135. The van der Waals surface area contributed by atoms with Crippen LogP contribution in [0.1, 0.15) is 29.0 Å². The minimum Gasteiger partial charge on any atom is -0.451 e. The number of aromatic nitrogens is 1. The van der Waals surface area contributed by atoms with E-state index in [1.165, 1.54) is 0 Å². The van der Waals surface area contributed by atoms with E-state index in [9.17, 15) is 9.59 Å². The Morgan fingerprint density at radius 1 is 1.08 bits per heavy atom. The number of likely N-dealkylation sites (N-methyl/N-ethyl adjacent to an activating group) is 1. The molecule has 1 atom stereocenters. The quantitative estimate of drug-likeness (QED) is 0.725. The molecule has 0 aliphatic heterocycles. The average molecular weight is 336 g/mol. The molecular weight excluding hydrogens is 316 g/mol. The number of fused-ring (bicyclic) bond motifs is 1. The zero-order valence-electron chi connectivity index (χ0n) is 14.2. The Morgan fingerprint density at radius 3 is 2.48 bits per heavy atom. The number of carbonyl (C=O) groups excluding carboxylic acids is 2. The summed E-state index contributed by atoms with van der Waals surface area (Å²) in [6.07, 6.45) is 0. The van der Waals surface area contributed by atoms with Gasteiger partial charge < -0.3 is 14.6 Å². The Morgan fingerprint density at radius 2 is 1.76 bits per heavy atom. The molecule has 0 aliphatic carbocycles. The zero-order valence-corrected chi connectivity index (χ0v) is 14.2. The third-order valence-electron chi connectivity index (χ3n) is 4.33. The number of hydrogen-bond acceptors (Lipinski definition) is 3. The van der Waals surface area contributed by atoms with Crippen LogP contribution in [0, 0.1) is 0 Å². The number of rotatable bonds is 5. The van der Waals surface area contributed by atoms with E-state index in [0.29, 0.717) is 5.69 Å². The van der Waals surface area contributed by atoms with Crippen LogP contribution in [0.4, 0.5) is 0 Å². The standard InChI is InChI=1S/C20H20N2O3/c1-14(15-8-4-3-5-9-15)22(2)19(23)13-25-20(24)18-12-16-10-6-7-11-17(16)21-18/h3-12,14,21H,13H2,1-2H3/t14-/m0/s1. The second-order valence-electron chi connectivity index (χ2n) is 5.94. The predicted molar refractivity (Wildman–Crippen MR) is 96.2 cm³/mol. The van der Waals surface area contributed by atoms with Gasteiger partial charge >= 0.3 is 5.97 Å². The molecule has 0 unspecified atom stereocenters. The van der Waals surface area contributed by atoms with Crippen molar-refractivity contribution in [3.8, 4) is 0 Å². The highest BCUT2D eigenvalue weighted by atomic mass is 16.5. The van der Waals surface area contributed by atoms with Gasteiger partial charge in [-0.2, -0.15) is 0 Å². The van der Waals surface area contributed by atoms with Gasteiger partial charge in [-0.1, -0.05) is 48.5 Å². The molecule has 0 fully saturated rings. The number of hydrogen-bond donors (Lipinski definition) is 1. The average Bonchev–Trinajstić information content (AvgIpc) is 3.09. The van der Waals surface area contributed by atoms with E-state index in [1.807, 2.05) is 61.5 Å². The Labute approximate surface area is 146 Å². The molecule has 1 heterocycles. The van der Waals surface area contributed by atoms with Crippen LogP contribution in [0.3, 0.4) is 0 Å². The van der Waals surface area contributed by atoms with Crippen LogP contribution < -0.4 is 0 Å². The number of H-pyrrole nitrogens is 1. The summed E-state index contributed by atoms with van der Waals surface area (Å²) >= 11 is 0. The van der Waals surface area contributed by atoms with E-state index < -0.39 is 5.97 Å². The van der Waals surface area contributed by atoms with E-state index >= 15 is 0 Å². The molecule has 3 aromatic rings. The molecule has 0 spiro atoms. The van der Waals surface area contributed by atoms with E-state index in [0.717, 1.165) is 16.5 Å². The lowest BCUT2D eigenvalue weighted by atomic mass is 10.1. The number of nitrogens with one attached hydrogen (secondary N) is 1. The minimum atomic E-state index is -0.537. The van der Waals surface area contributed by atoms with Gasteiger partial charge in [0.05, 0.1) is 6.04 Å². The van der Waals surface area contributed by atoms with Gasteiger partial charge in [-0.05, 0) is 24.6 Å². The number of ether oxygens (including phenoxy) is 1. The van der Waals surface area contributed by atoms with Gasteiger partial charge in [0.2, 0.25) is 0 Å². The van der Waals surface area contributed by atoms with Crippen molar-refractivity contribution in [2.45, 2.75) is 13.0 Å². The number of carbonyl (C=O) groups is 2. The van der Waals surface area contributed by atoms with Gasteiger partial charge in [0.1, 0.15) is 5.69 Å². The lowest BCUT2D eigenvalue weighted by Gasteiger charge is -2.25. The summed E-state index contributed by atoms with van der Waals surface area (Å²) in [4.78, 5) is 29.0. The summed E-state index contributed by atoms with van der Waals surface area (Å²) in [7, 11) is 1.71.